The summed E-state index contributed by atoms with van der Waals surface area (Å²) < 4.78 is 5.17. The number of anilines is 2. The summed E-state index contributed by atoms with van der Waals surface area (Å²) in [6.45, 7) is 0. The van der Waals surface area contributed by atoms with Gasteiger partial charge in [-0.15, -0.1) is 0 Å². The molecule has 0 fully saturated rings. The van der Waals surface area contributed by atoms with E-state index in [1.165, 1.54) is 7.05 Å². The van der Waals surface area contributed by atoms with Crippen molar-refractivity contribution >= 4 is 34.6 Å². The number of rotatable bonds is 6. The fraction of sp³-hybridized carbons (Fsp3) is 0.176. The summed E-state index contributed by atoms with van der Waals surface area (Å²) in [4.78, 5) is 27.6. The molecule has 0 radical (unpaired) electrons. The van der Waals surface area contributed by atoms with E-state index in [4.69, 9.17) is 4.52 Å². The maximum Gasteiger partial charge on any atom is 0.318 e. The monoisotopic (exact) mass is 371 g/mol. The number of aromatic nitrogens is 2. The van der Waals surface area contributed by atoms with Crippen LogP contribution in [0.3, 0.4) is 0 Å². The molecule has 0 saturated heterocycles. The van der Waals surface area contributed by atoms with Crippen molar-refractivity contribution in [3.63, 3.8) is 0 Å². The van der Waals surface area contributed by atoms with Crippen molar-refractivity contribution in [1.82, 2.24) is 15.5 Å². The number of carbonyl (C=O) groups excluding carboxylic acids is 2. The normalized spacial score (nSPS) is 10.3. The van der Waals surface area contributed by atoms with Crippen LogP contribution in [0, 0.1) is 0 Å². The molecule has 8 nitrogen and oxygen atoms in total. The number of amides is 3. The molecular formula is C17H17N5O3S. The van der Waals surface area contributed by atoms with Gasteiger partial charge in [0.2, 0.25) is 17.6 Å². The molecule has 0 unspecified atom stereocenters. The van der Waals surface area contributed by atoms with Gasteiger partial charge in [-0.05, 0) is 35.7 Å². The first-order valence-corrected chi connectivity index (χ1v) is 8.82. The van der Waals surface area contributed by atoms with Crippen LogP contribution in [0.2, 0.25) is 0 Å². The zero-order chi connectivity index (χ0) is 18.4. The number of nitrogens with zero attached hydrogens (tertiary/aromatic N) is 2. The van der Waals surface area contributed by atoms with Crippen LogP contribution in [0.4, 0.5) is 16.2 Å². The Labute approximate surface area is 153 Å². The van der Waals surface area contributed by atoms with Crippen LogP contribution in [0.25, 0.3) is 11.4 Å². The molecule has 3 aromatic rings. The first kappa shape index (κ1) is 17.6. The van der Waals surface area contributed by atoms with Gasteiger partial charge in [0.15, 0.2) is 0 Å². The molecule has 2 heterocycles. The number of hydrogen-bond acceptors (Lipinski definition) is 6. The molecule has 0 aliphatic carbocycles. The van der Waals surface area contributed by atoms with Crippen LogP contribution in [-0.2, 0) is 11.2 Å². The van der Waals surface area contributed by atoms with Crippen molar-refractivity contribution in [1.29, 1.82) is 0 Å². The number of thiophene rings is 1. The van der Waals surface area contributed by atoms with Crippen molar-refractivity contribution in [2.75, 3.05) is 17.7 Å². The lowest BCUT2D eigenvalue weighted by Gasteiger charge is -2.07. The van der Waals surface area contributed by atoms with E-state index in [-0.39, 0.29) is 18.4 Å². The van der Waals surface area contributed by atoms with Crippen LogP contribution in [0.1, 0.15) is 12.3 Å². The van der Waals surface area contributed by atoms with Crippen molar-refractivity contribution in [3.8, 4) is 11.4 Å². The Morgan fingerprint density at radius 1 is 1.12 bits per heavy atom. The van der Waals surface area contributed by atoms with Gasteiger partial charge in [0.25, 0.3) is 0 Å². The fourth-order valence-corrected chi connectivity index (χ4v) is 2.77. The Morgan fingerprint density at radius 2 is 1.85 bits per heavy atom. The van der Waals surface area contributed by atoms with Crippen molar-refractivity contribution < 1.29 is 14.1 Å². The Hall–Kier alpha value is -3.20. The van der Waals surface area contributed by atoms with Crippen LogP contribution in [0.5, 0.6) is 0 Å². The van der Waals surface area contributed by atoms with Gasteiger partial charge in [0.1, 0.15) is 0 Å². The lowest BCUT2D eigenvalue weighted by atomic mass is 10.2. The molecule has 0 aliphatic heterocycles. The molecule has 134 valence electrons. The van der Waals surface area contributed by atoms with Crippen molar-refractivity contribution in [3.05, 3.63) is 47.0 Å². The van der Waals surface area contributed by atoms with E-state index in [0.29, 0.717) is 29.5 Å². The van der Waals surface area contributed by atoms with E-state index in [9.17, 15) is 9.59 Å². The second-order valence-electron chi connectivity index (χ2n) is 5.35. The lowest BCUT2D eigenvalue weighted by Crippen LogP contribution is -2.24. The van der Waals surface area contributed by atoms with E-state index in [0.717, 1.165) is 5.56 Å². The fourth-order valence-electron chi connectivity index (χ4n) is 2.14. The average molecular weight is 371 g/mol. The molecule has 9 heteroatoms. The number of benzene rings is 1. The summed E-state index contributed by atoms with van der Waals surface area (Å²) in [6.07, 6.45) is 0.586. The minimum atomic E-state index is -0.303. The number of nitrogens with one attached hydrogen (secondary N) is 3. The predicted molar refractivity (Wildman–Crippen MR) is 99.1 cm³/mol. The van der Waals surface area contributed by atoms with Gasteiger partial charge < -0.3 is 20.5 Å². The van der Waals surface area contributed by atoms with Gasteiger partial charge in [-0.3, -0.25) is 4.79 Å². The van der Waals surface area contributed by atoms with E-state index in [1.54, 1.807) is 35.6 Å². The number of aryl methyl sites for hydroxylation is 1. The van der Waals surface area contributed by atoms with Gasteiger partial charge in [0, 0.05) is 42.2 Å². The molecule has 0 saturated carbocycles. The third-order valence-electron chi connectivity index (χ3n) is 3.47. The molecule has 3 amide bonds. The molecule has 2 aromatic heterocycles. The standard InChI is InChI=1S/C17H17N5O3S/c1-18-17(24)20-13-4-2-12(3-5-13)19-14(23)6-7-15-21-16(22-25-15)11-8-9-26-10-11/h2-5,8-10H,6-7H2,1H3,(H,19,23)(H2,18,20,24). The molecule has 1 aromatic carbocycles. The van der Waals surface area contributed by atoms with E-state index >= 15 is 0 Å². The summed E-state index contributed by atoms with van der Waals surface area (Å²) in [6, 6.07) is 8.44. The van der Waals surface area contributed by atoms with Gasteiger partial charge in [-0.1, -0.05) is 5.16 Å². The maximum atomic E-state index is 12.1. The summed E-state index contributed by atoms with van der Waals surface area (Å²) in [5.41, 5.74) is 2.18. The molecule has 3 rings (SSSR count). The smallest absolute Gasteiger partial charge is 0.318 e. The van der Waals surface area contributed by atoms with Crippen LogP contribution in [0.15, 0.2) is 45.6 Å². The van der Waals surface area contributed by atoms with Gasteiger partial charge in [-0.2, -0.15) is 16.3 Å². The Kier molecular flexibility index (Phi) is 5.59. The third-order valence-corrected chi connectivity index (χ3v) is 4.15. The quantitative estimate of drug-likeness (QED) is 0.617. The zero-order valence-electron chi connectivity index (χ0n) is 14.0. The zero-order valence-corrected chi connectivity index (χ0v) is 14.8. The Bertz CT molecular complexity index is 874. The lowest BCUT2D eigenvalue weighted by molar-refractivity contribution is -0.116. The van der Waals surface area contributed by atoms with Gasteiger partial charge in [-0.25, -0.2) is 4.79 Å². The van der Waals surface area contributed by atoms with E-state index in [2.05, 4.69) is 26.1 Å². The molecule has 0 spiro atoms. The highest BCUT2D eigenvalue weighted by Crippen LogP contribution is 2.19. The maximum absolute atomic E-state index is 12.1. The second kappa shape index (κ2) is 8.26. The minimum absolute atomic E-state index is 0.160. The summed E-state index contributed by atoms with van der Waals surface area (Å²) in [7, 11) is 1.54. The molecule has 0 aliphatic rings. The Balaban J connectivity index is 1.49. The van der Waals surface area contributed by atoms with E-state index < -0.39 is 0 Å². The summed E-state index contributed by atoms with van der Waals surface area (Å²) in [5.74, 6) is 0.791. The first-order valence-electron chi connectivity index (χ1n) is 7.88. The average Bonchev–Trinajstić information content (AvgIpc) is 3.33. The highest BCUT2D eigenvalue weighted by Gasteiger charge is 2.11. The van der Waals surface area contributed by atoms with Gasteiger partial charge >= 0.3 is 6.03 Å². The number of urea groups is 1. The van der Waals surface area contributed by atoms with Crippen molar-refractivity contribution in [2.24, 2.45) is 0 Å². The molecule has 0 atom stereocenters. The van der Waals surface area contributed by atoms with Gasteiger partial charge in [0.05, 0.1) is 0 Å². The van der Waals surface area contributed by atoms with Crippen LogP contribution >= 0.6 is 11.3 Å². The number of carbonyl (C=O) groups is 2. The first-order chi connectivity index (χ1) is 12.6. The molecule has 26 heavy (non-hydrogen) atoms. The predicted octanol–water partition coefficient (Wildman–Crippen LogP) is 3.12. The minimum Gasteiger partial charge on any atom is -0.341 e. The van der Waals surface area contributed by atoms with Crippen molar-refractivity contribution in [2.45, 2.75) is 12.8 Å². The largest absolute Gasteiger partial charge is 0.341 e. The third kappa shape index (κ3) is 4.67. The molecule has 3 N–H and O–H groups in total. The molecule has 0 bridgehead atoms. The SMILES string of the molecule is CNC(=O)Nc1ccc(NC(=O)CCc2nc(-c3ccsc3)no2)cc1. The molecular weight excluding hydrogens is 354 g/mol. The summed E-state index contributed by atoms with van der Waals surface area (Å²) >= 11 is 1.56. The highest BCUT2D eigenvalue weighted by molar-refractivity contribution is 7.08. The van der Waals surface area contributed by atoms with Crippen LogP contribution < -0.4 is 16.0 Å². The Morgan fingerprint density at radius 3 is 2.50 bits per heavy atom. The number of hydrogen-bond donors (Lipinski definition) is 3. The highest BCUT2D eigenvalue weighted by atomic mass is 32.1. The summed E-state index contributed by atoms with van der Waals surface area (Å²) in [5, 5.41) is 15.7. The van der Waals surface area contributed by atoms with Crippen LogP contribution in [-0.4, -0.2) is 29.1 Å². The topological polar surface area (TPSA) is 109 Å². The van der Waals surface area contributed by atoms with E-state index in [1.807, 2.05) is 16.8 Å². The second-order valence-corrected chi connectivity index (χ2v) is 6.13.